The molecule has 3 atom stereocenters. The van der Waals surface area contributed by atoms with E-state index in [4.69, 9.17) is 4.74 Å². The van der Waals surface area contributed by atoms with E-state index < -0.39 is 0 Å². The number of methoxy groups -OCH3 is 1. The highest BCUT2D eigenvalue weighted by atomic mass is 79.9. The molecule has 2 nitrogen and oxygen atoms in total. The van der Waals surface area contributed by atoms with Crippen LogP contribution < -0.4 is 4.74 Å². The van der Waals surface area contributed by atoms with Crippen LogP contribution in [0.3, 0.4) is 0 Å². The lowest BCUT2D eigenvalue weighted by Gasteiger charge is -2.19. The minimum Gasteiger partial charge on any atom is -0.496 e. The van der Waals surface area contributed by atoms with Crippen LogP contribution in [0.25, 0.3) is 0 Å². The Bertz CT molecular complexity index is 436. The van der Waals surface area contributed by atoms with Crippen molar-refractivity contribution in [2.75, 3.05) is 7.11 Å². The van der Waals surface area contributed by atoms with Crippen LogP contribution in [0.2, 0.25) is 0 Å². The molecule has 1 aromatic carbocycles. The molecule has 2 aliphatic rings. The number of halogens is 1. The molecule has 3 unspecified atom stereocenters. The Morgan fingerprint density at radius 2 is 2.06 bits per heavy atom. The standard InChI is InChI=1S/C15H19BrO2/c1-18-15-3-2-9(4-13(15)16)5-14(17)12-7-10-6-11(10)8-12/h2-4,10-12,14,17H,5-8H2,1H3. The van der Waals surface area contributed by atoms with E-state index >= 15 is 0 Å². The highest BCUT2D eigenvalue weighted by molar-refractivity contribution is 9.10. The van der Waals surface area contributed by atoms with Gasteiger partial charge in [-0.3, -0.25) is 0 Å². The van der Waals surface area contributed by atoms with E-state index in [1.807, 2.05) is 12.1 Å². The molecule has 0 bridgehead atoms. The maximum absolute atomic E-state index is 10.3. The van der Waals surface area contributed by atoms with Gasteiger partial charge < -0.3 is 9.84 Å². The third-order valence-corrected chi connectivity index (χ3v) is 5.10. The van der Waals surface area contributed by atoms with E-state index in [0.29, 0.717) is 5.92 Å². The fourth-order valence-electron chi connectivity index (χ4n) is 3.32. The predicted octanol–water partition coefficient (Wildman–Crippen LogP) is 3.41. The molecule has 1 N–H and O–H groups in total. The van der Waals surface area contributed by atoms with Crippen molar-refractivity contribution in [3.05, 3.63) is 28.2 Å². The molecule has 0 aromatic heterocycles. The number of benzene rings is 1. The van der Waals surface area contributed by atoms with Gasteiger partial charge in [0.2, 0.25) is 0 Å². The van der Waals surface area contributed by atoms with Gasteiger partial charge >= 0.3 is 0 Å². The Morgan fingerprint density at radius 1 is 1.33 bits per heavy atom. The van der Waals surface area contributed by atoms with Gasteiger partial charge in [-0.05, 0) is 77.1 Å². The Kier molecular flexibility index (Phi) is 3.37. The lowest BCUT2D eigenvalue weighted by Crippen LogP contribution is -2.21. The summed E-state index contributed by atoms with van der Waals surface area (Å²) in [5, 5.41) is 10.3. The lowest BCUT2D eigenvalue weighted by molar-refractivity contribution is 0.104. The third-order valence-electron chi connectivity index (χ3n) is 4.49. The average molecular weight is 311 g/mol. The van der Waals surface area contributed by atoms with Crippen LogP contribution >= 0.6 is 15.9 Å². The Balaban J connectivity index is 1.63. The second-order valence-corrected chi connectivity index (χ2v) is 6.58. The second kappa shape index (κ2) is 4.86. The van der Waals surface area contributed by atoms with Crippen molar-refractivity contribution in [3.8, 4) is 5.75 Å². The maximum Gasteiger partial charge on any atom is 0.133 e. The molecule has 2 aliphatic carbocycles. The molecule has 0 radical (unpaired) electrons. The summed E-state index contributed by atoms with van der Waals surface area (Å²) in [6, 6.07) is 6.05. The molecule has 0 saturated heterocycles. The molecule has 2 saturated carbocycles. The fourth-order valence-corrected chi connectivity index (χ4v) is 3.91. The molecule has 98 valence electrons. The van der Waals surface area contributed by atoms with Crippen LogP contribution in [0, 0.1) is 17.8 Å². The van der Waals surface area contributed by atoms with Crippen molar-refractivity contribution in [3.63, 3.8) is 0 Å². The van der Waals surface area contributed by atoms with Gasteiger partial charge in [-0.2, -0.15) is 0 Å². The van der Waals surface area contributed by atoms with Crippen molar-refractivity contribution in [2.45, 2.75) is 31.8 Å². The zero-order valence-corrected chi connectivity index (χ0v) is 12.2. The highest BCUT2D eigenvalue weighted by Crippen LogP contribution is 2.55. The van der Waals surface area contributed by atoms with E-state index in [-0.39, 0.29) is 6.10 Å². The summed E-state index contributed by atoms with van der Waals surface area (Å²) in [4.78, 5) is 0. The first kappa shape index (κ1) is 12.5. The van der Waals surface area contributed by atoms with Crippen molar-refractivity contribution in [1.29, 1.82) is 0 Å². The molecular formula is C15H19BrO2. The van der Waals surface area contributed by atoms with Crippen LogP contribution in [-0.4, -0.2) is 18.3 Å². The van der Waals surface area contributed by atoms with Crippen molar-refractivity contribution in [2.24, 2.45) is 17.8 Å². The Hall–Kier alpha value is -0.540. The Morgan fingerprint density at radius 3 is 2.67 bits per heavy atom. The van der Waals surface area contributed by atoms with E-state index in [1.54, 1.807) is 7.11 Å². The minimum atomic E-state index is -0.182. The topological polar surface area (TPSA) is 29.5 Å². The van der Waals surface area contributed by atoms with E-state index in [0.717, 1.165) is 28.5 Å². The average Bonchev–Trinajstić information content (AvgIpc) is 2.96. The van der Waals surface area contributed by atoms with Gasteiger partial charge in [0.15, 0.2) is 0 Å². The zero-order chi connectivity index (χ0) is 12.7. The van der Waals surface area contributed by atoms with Crippen LogP contribution in [-0.2, 0) is 6.42 Å². The first-order valence-corrected chi connectivity index (χ1v) is 7.47. The van der Waals surface area contributed by atoms with Gasteiger partial charge in [0, 0.05) is 0 Å². The van der Waals surface area contributed by atoms with Gasteiger partial charge in [0.05, 0.1) is 17.7 Å². The van der Waals surface area contributed by atoms with Gasteiger partial charge in [-0.1, -0.05) is 6.07 Å². The predicted molar refractivity (Wildman–Crippen MR) is 74.7 cm³/mol. The summed E-state index contributed by atoms with van der Waals surface area (Å²) in [6.45, 7) is 0. The Labute approximate surface area is 116 Å². The second-order valence-electron chi connectivity index (χ2n) is 5.73. The third kappa shape index (κ3) is 2.43. The van der Waals surface area contributed by atoms with Crippen molar-refractivity contribution in [1.82, 2.24) is 0 Å². The zero-order valence-electron chi connectivity index (χ0n) is 10.6. The van der Waals surface area contributed by atoms with Crippen molar-refractivity contribution >= 4 is 15.9 Å². The number of aliphatic hydroxyl groups excluding tert-OH is 1. The molecule has 0 aliphatic heterocycles. The van der Waals surface area contributed by atoms with Gasteiger partial charge in [-0.25, -0.2) is 0 Å². The minimum absolute atomic E-state index is 0.182. The molecule has 0 amide bonds. The van der Waals surface area contributed by atoms with E-state index in [9.17, 15) is 5.11 Å². The molecule has 0 heterocycles. The molecular weight excluding hydrogens is 292 g/mol. The molecule has 2 fully saturated rings. The summed E-state index contributed by atoms with van der Waals surface area (Å²) in [6.07, 6.45) is 4.47. The summed E-state index contributed by atoms with van der Waals surface area (Å²) in [7, 11) is 1.67. The smallest absolute Gasteiger partial charge is 0.133 e. The molecule has 3 rings (SSSR count). The number of rotatable bonds is 4. The normalized spacial score (nSPS) is 30.9. The molecule has 0 spiro atoms. The summed E-state index contributed by atoms with van der Waals surface area (Å²) >= 11 is 3.49. The largest absolute Gasteiger partial charge is 0.496 e. The monoisotopic (exact) mass is 310 g/mol. The van der Waals surface area contributed by atoms with Crippen LogP contribution in [0.1, 0.15) is 24.8 Å². The number of fused-ring (bicyclic) bond motifs is 1. The van der Waals surface area contributed by atoms with Gasteiger partial charge in [0.25, 0.3) is 0 Å². The summed E-state index contributed by atoms with van der Waals surface area (Å²) in [5.74, 6) is 3.24. The quantitative estimate of drug-likeness (QED) is 0.923. The lowest BCUT2D eigenvalue weighted by atomic mass is 9.92. The number of hydrogen-bond donors (Lipinski definition) is 1. The van der Waals surface area contributed by atoms with Crippen LogP contribution in [0.4, 0.5) is 0 Å². The van der Waals surface area contributed by atoms with Crippen LogP contribution in [0.15, 0.2) is 22.7 Å². The summed E-state index contributed by atoms with van der Waals surface area (Å²) < 4.78 is 6.18. The first-order valence-electron chi connectivity index (χ1n) is 6.68. The fraction of sp³-hybridized carbons (Fsp3) is 0.600. The molecule has 18 heavy (non-hydrogen) atoms. The number of aliphatic hydroxyl groups is 1. The maximum atomic E-state index is 10.3. The van der Waals surface area contributed by atoms with E-state index in [2.05, 4.69) is 22.0 Å². The van der Waals surface area contributed by atoms with E-state index in [1.165, 1.54) is 24.8 Å². The molecule has 1 aromatic rings. The van der Waals surface area contributed by atoms with Crippen LogP contribution in [0.5, 0.6) is 5.75 Å². The first-order chi connectivity index (χ1) is 8.67. The van der Waals surface area contributed by atoms with Crippen molar-refractivity contribution < 1.29 is 9.84 Å². The van der Waals surface area contributed by atoms with Gasteiger partial charge in [0.1, 0.15) is 5.75 Å². The number of ether oxygens (including phenoxy) is 1. The number of hydrogen-bond acceptors (Lipinski definition) is 2. The molecule has 3 heteroatoms. The van der Waals surface area contributed by atoms with Gasteiger partial charge in [-0.15, -0.1) is 0 Å². The SMILES string of the molecule is COc1ccc(CC(O)C2CC3CC3C2)cc1Br. The summed E-state index contributed by atoms with van der Waals surface area (Å²) in [5.41, 5.74) is 1.18. The highest BCUT2D eigenvalue weighted by Gasteiger charge is 2.47.